The predicted molar refractivity (Wildman–Crippen MR) is 81.1 cm³/mol. The van der Waals surface area contributed by atoms with Gasteiger partial charge in [-0.2, -0.15) is 0 Å². The van der Waals surface area contributed by atoms with Gasteiger partial charge >= 0.3 is 0 Å². The number of hydrogen-bond acceptors (Lipinski definition) is 2. The number of thiocarbonyl (C=S) groups is 1. The molecule has 0 saturated carbocycles. The van der Waals surface area contributed by atoms with Crippen molar-refractivity contribution in [1.29, 1.82) is 0 Å². The highest BCUT2D eigenvalue weighted by Gasteiger charge is 2.00. The molecule has 0 aliphatic heterocycles. The van der Waals surface area contributed by atoms with Crippen LogP contribution in [0.1, 0.15) is 38.2 Å². The molecule has 3 N–H and O–H groups in total. The van der Waals surface area contributed by atoms with Crippen molar-refractivity contribution >= 4 is 23.0 Å². The summed E-state index contributed by atoms with van der Waals surface area (Å²) < 4.78 is 0. The first-order valence-corrected chi connectivity index (χ1v) is 6.80. The molecule has 0 aliphatic carbocycles. The van der Waals surface area contributed by atoms with Crippen LogP contribution in [-0.4, -0.2) is 23.4 Å². The fraction of sp³-hybridized carbons (Fsp3) is 0.500. The predicted octanol–water partition coefficient (Wildman–Crippen LogP) is 2.87. The Bertz CT molecular complexity index is 363. The molecule has 3 nitrogen and oxygen atoms in total. The van der Waals surface area contributed by atoms with Crippen LogP contribution >= 0.6 is 12.2 Å². The maximum Gasteiger partial charge on any atom is 0.170 e. The van der Waals surface area contributed by atoms with Crippen LogP contribution < -0.4 is 10.6 Å². The van der Waals surface area contributed by atoms with Crippen molar-refractivity contribution in [3.8, 4) is 0 Å². The van der Waals surface area contributed by atoms with Gasteiger partial charge in [-0.05, 0) is 48.7 Å². The molecule has 18 heavy (non-hydrogen) atoms. The first-order chi connectivity index (χ1) is 8.63. The molecule has 0 saturated heterocycles. The quantitative estimate of drug-likeness (QED) is 0.547. The highest BCUT2D eigenvalue weighted by atomic mass is 32.1. The highest BCUT2D eigenvalue weighted by molar-refractivity contribution is 7.80. The van der Waals surface area contributed by atoms with E-state index in [4.69, 9.17) is 17.3 Å². The molecule has 0 aliphatic rings. The minimum Gasteiger partial charge on any atom is -0.396 e. The summed E-state index contributed by atoms with van der Waals surface area (Å²) in [5, 5.41) is 15.5. The summed E-state index contributed by atoms with van der Waals surface area (Å²) in [7, 11) is 0. The van der Waals surface area contributed by atoms with Crippen LogP contribution in [0.15, 0.2) is 24.3 Å². The van der Waals surface area contributed by atoms with Gasteiger partial charge in [0.25, 0.3) is 0 Å². The minimum atomic E-state index is 0.235. The topological polar surface area (TPSA) is 44.3 Å². The third-order valence-corrected chi connectivity index (χ3v) is 2.95. The SMILES string of the molecule is CC(C)c1ccc(NC(=S)NCCCCO)cc1. The van der Waals surface area contributed by atoms with Crippen LogP contribution in [0.5, 0.6) is 0 Å². The van der Waals surface area contributed by atoms with E-state index in [2.05, 4.69) is 36.6 Å². The number of anilines is 1. The van der Waals surface area contributed by atoms with Gasteiger partial charge in [-0.1, -0.05) is 26.0 Å². The molecule has 100 valence electrons. The zero-order valence-electron chi connectivity index (χ0n) is 11.1. The molecule has 0 unspecified atom stereocenters. The highest BCUT2D eigenvalue weighted by Crippen LogP contribution is 2.16. The maximum atomic E-state index is 8.66. The van der Waals surface area contributed by atoms with E-state index in [0.717, 1.165) is 25.1 Å². The molecule has 0 heterocycles. The van der Waals surface area contributed by atoms with E-state index in [1.807, 2.05) is 12.1 Å². The Morgan fingerprint density at radius 2 is 1.89 bits per heavy atom. The number of hydrogen-bond donors (Lipinski definition) is 3. The minimum absolute atomic E-state index is 0.235. The van der Waals surface area contributed by atoms with E-state index in [9.17, 15) is 0 Å². The van der Waals surface area contributed by atoms with Crippen molar-refractivity contribution in [2.45, 2.75) is 32.6 Å². The lowest BCUT2D eigenvalue weighted by Crippen LogP contribution is -2.29. The first-order valence-electron chi connectivity index (χ1n) is 6.39. The van der Waals surface area contributed by atoms with Gasteiger partial charge in [0, 0.05) is 18.8 Å². The second-order valence-corrected chi connectivity index (χ2v) is 5.00. The van der Waals surface area contributed by atoms with E-state index < -0.39 is 0 Å². The Morgan fingerprint density at radius 3 is 2.44 bits per heavy atom. The fourth-order valence-corrected chi connectivity index (χ4v) is 1.79. The van der Waals surface area contributed by atoms with Gasteiger partial charge in [0.1, 0.15) is 0 Å². The fourth-order valence-electron chi connectivity index (χ4n) is 1.57. The number of aliphatic hydroxyl groups excluding tert-OH is 1. The smallest absolute Gasteiger partial charge is 0.170 e. The summed E-state index contributed by atoms with van der Waals surface area (Å²) in [4.78, 5) is 0. The van der Waals surface area contributed by atoms with E-state index in [1.165, 1.54) is 5.56 Å². The normalized spacial score (nSPS) is 10.4. The lowest BCUT2D eigenvalue weighted by atomic mass is 10.0. The van der Waals surface area contributed by atoms with Gasteiger partial charge < -0.3 is 15.7 Å². The Hall–Kier alpha value is -1.13. The lowest BCUT2D eigenvalue weighted by Gasteiger charge is -2.11. The molecule has 0 fully saturated rings. The molecular formula is C14H22N2OS. The molecule has 0 atom stereocenters. The molecule has 1 rings (SSSR count). The molecular weight excluding hydrogens is 244 g/mol. The summed E-state index contributed by atoms with van der Waals surface area (Å²) in [5.41, 5.74) is 2.32. The second kappa shape index (κ2) is 8.06. The molecule has 0 amide bonds. The zero-order valence-corrected chi connectivity index (χ0v) is 11.9. The average Bonchev–Trinajstić information content (AvgIpc) is 2.35. The third-order valence-electron chi connectivity index (χ3n) is 2.71. The van der Waals surface area contributed by atoms with Crippen molar-refractivity contribution in [3.05, 3.63) is 29.8 Å². The van der Waals surface area contributed by atoms with Crippen molar-refractivity contribution in [3.63, 3.8) is 0 Å². The summed E-state index contributed by atoms with van der Waals surface area (Å²) in [6.45, 7) is 5.38. The molecule has 1 aromatic rings. The monoisotopic (exact) mass is 266 g/mol. The van der Waals surface area contributed by atoms with Gasteiger partial charge in [0.05, 0.1) is 0 Å². The van der Waals surface area contributed by atoms with Crippen molar-refractivity contribution in [2.75, 3.05) is 18.5 Å². The van der Waals surface area contributed by atoms with Crippen LogP contribution in [0.2, 0.25) is 0 Å². The van der Waals surface area contributed by atoms with Crippen molar-refractivity contribution < 1.29 is 5.11 Å². The second-order valence-electron chi connectivity index (χ2n) is 4.59. The van der Waals surface area contributed by atoms with Crippen LogP contribution in [0.25, 0.3) is 0 Å². The van der Waals surface area contributed by atoms with E-state index >= 15 is 0 Å². The molecule has 0 spiro atoms. The molecule has 4 heteroatoms. The Balaban J connectivity index is 2.35. The number of aliphatic hydroxyl groups is 1. The maximum absolute atomic E-state index is 8.66. The summed E-state index contributed by atoms with van der Waals surface area (Å²) in [6, 6.07) is 8.30. The van der Waals surface area contributed by atoms with Gasteiger partial charge in [-0.25, -0.2) is 0 Å². The largest absolute Gasteiger partial charge is 0.396 e. The van der Waals surface area contributed by atoms with Crippen molar-refractivity contribution in [1.82, 2.24) is 5.32 Å². The zero-order chi connectivity index (χ0) is 13.4. The van der Waals surface area contributed by atoms with Crippen LogP contribution in [0.3, 0.4) is 0 Å². The Morgan fingerprint density at radius 1 is 1.22 bits per heavy atom. The number of unbranched alkanes of at least 4 members (excludes halogenated alkanes) is 1. The number of benzene rings is 1. The average molecular weight is 266 g/mol. The first kappa shape index (κ1) is 14.9. The molecule has 0 aromatic heterocycles. The van der Waals surface area contributed by atoms with Crippen LogP contribution in [0.4, 0.5) is 5.69 Å². The Labute approximate surface area is 115 Å². The standard InChI is InChI=1S/C14H22N2OS/c1-11(2)12-5-7-13(8-6-12)16-14(18)15-9-3-4-10-17/h5-8,11,17H,3-4,9-10H2,1-2H3,(H2,15,16,18). The molecule has 1 aromatic carbocycles. The van der Waals surface area contributed by atoms with Gasteiger partial charge in [0.15, 0.2) is 5.11 Å². The number of nitrogens with one attached hydrogen (secondary N) is 2. The van der Waals surface area contributed by atoms with E-state index in [-0.39, 0.29) is 6.61 Å². The summed E-state index contributed by atoms with van der Waals surface area (Å²) in [6.07, 6.45) is 1.73. The van der Waals surface area contributed by atoms with Crippen LogP contribution in [0, 0.1) is 0 Å². The van der Waals surface area contributed by atoms with Gasteiger partial charge in [-0.3, -0.25) is 0 Å². The number of rotatable bonds is 6. The molecule has 0 bridgehead atoms. The third kappa shape index (κ3) is 5.47. The Kier molecular flexibility index (Phi) is 6.68. The van der Waals surface area contributed by atoms with E-state index in [1.54, 1.807) is 0 Å². The van der Waals surface area contributed by atoms with Gasteiger partial charge in [-0.15, -0.1) is 0 Å². The summed E-state index contributed by atoms with van der Waals surface area (Å²) >= 11 is 5.19. The van der Waals surface area contributed by atoms with Gasteiger partial charge in [0.2, 0.25) is 0 Å². The van der Waals surface area contributed by atoms with Crippen LogP contribution in [-0.2, 0) is 0 Å². The summed E-state index contributed by atoms with van der Waals surface area (Å²) in [5.74, 6) is 0.544. The van der Waals surface area contributed by atoms with Crippen molar-refractivity contribution in [2.24, 2.45) is 0 Å². The van der Waals surface area contributed by atoms with E-state index in [0.29, 0.717) is 11.0 Å². The molecule has 0 radical (unpaired) electrons. The lowest BCUT2D eigenvalue weighted by molar-refractivity contribution is 0.285.